The van der Waals surface area contributed by atoms with Crippen LogP contribution in [0.25, 0.3) is 0 Å². The minimum atomic E-state index is -2.37. The summed E-state index contributed by atoms with van der Waals surface area (Å²) in [5.74, 6) is -2.37. The van der Waals surface area contributed by atoms with Crippen LogP contribution in [0, 0.1) is 5.41 Å². The van der Waals surface area contributed by atoms with Gasteiger partial charge in [0.05, 0.1) is 0 Å². The molecule has 4 heteroatoms. The Hall–Kier alpha value is -0.220. The molecule has 1 aliphatic carbocycles. The van der Waals surface area contributed by atoms with Gasteiger partial charge in [0.2, 0.25) is 5.92 Å². The summed E-state index contributed by atoms with van der Waals surface area (Å²) in [6.07, 6.45) is 1.17. The van der Waals surface area contributed by atoms with E-state index in [2.05, 4.69) is 10.2 Å². The van der Waals surface area contributed by atoms with E-state index in [0.717, 1.165) is 26.2 Å². The van der Waals surface area contributed by atoms with Crippen LogP contribution in [0.5, 0.6) is 0 Å². The van der Waals surface area contributed by atoms with E-state index in [1.54, 1.807) is 0 Å². The lowest BCUT2D eigenvalue weighted by atomic mass is 9.65. The molecule has 0 aromatic carbocycles. The molecule has 0 atom stereocenters. The van der Waals surface area contributed by atoms with Crippen LogP contribution >= 0.6 is 0 Å². The Morgan fingerprint density at radius 3 is 2.62 bits per heavy atom. The van der Waals surface area contributed by atoms with Crippen LogP contribution in [0.3, 0.4) is 0 Å². The van der Waals surface area contributed by atoms with Crippen molar-refractivity contribution in [3.8, 4) is 0 Å². The molecule has 0 aromatic rings. The largest absolute Gasteiger partial charge is 0.307 e. The summed E-state index contributed by atoms with van der Waals surface area (Å²) < 4.78 is 25.4. The molecule has 2 aliphatic rings. The van der Waals surface area contributed by atoms with Gasteiger partial charge in [-0.1, -0.05) is 0 Å². The van der Waals surface area contributed by atoms with Gasteiger partial charge >= 0.3 is 0 Å². The predicted molar refractivity (Wildman–Crippen MR) is 46.7 cm³/mol. The van der Waals surface area contributed by atoms with E-state index >= 15 is 0 Å². The van der Waals surface area contributed by atoms with Crippen molar-refractivity contribution < 1.29 is 8.78 Å². The molecule has 1 saturated carbocycles. The minimum Gasteiger partial charge on any atom is -0.307 e. The highest BCUT2D eigenvalue weighted by Gasteiger charge is 2.58. The molecule has 2 rings (SSSR count). The number of nitrogens with zero attached hydrogens (tertiary/aromatic N) is 1. The zero-order valence-corrected chi connectivity index (χ0v) is 7.95. The lowest BCUT2D eigenvalue weighted by Crippen LogP contribution is -2.48. The third-order valence-corrected chi connectivity index (χ3v) is 3.17. The average molecular weight is 190 g/mol. The Kier molecular flexibility index (Phi) is 2.07. The van der Waals surface area contributed by atoms with E-state index in [4.69, 9.17) is 0 Å². The second-order valence-electron chi connectivity index (χ2n) is 4.52. The van der Waals surface area contributed by atoms with Gasteiger partial charge in [0.1, 0.15) is 0 Å². The van der Waals surface area contributed by atoms with E-state index in [-0.39, 0.29) is 18.3 Å². The second kappa shape index (κ2) is 2.89. The Morgan fingerprint density at radius 1 is 1.38 bits per heavy atom. The Labute approximate surface area is 77.3 Å². The molecular weight excluding hydrogens is 174 g/mol. The minimum absolute atomic E-state index is 0.0413. The number of likely N-dealkylation sites (tertiary alicyclic amines) is 1. The lowest BCUT2D eigenvalue weighted by molar-refractivity contribution is -0.155. The normalized spacial score (nSPS) is 30.7. The Bertz CT molecular complexity index is 198. The summed E-state index contributed by atoms with van der Waals surface area (Å²) in [4.78, 5) is 2.22. The number of hydrogen-bond acceptors (Lipinski definition) is 2. The van der Waals surface area contributed by atoms with Gasteiger partial charge in [0, 0.05) is 26.1 Å². The molecule has 0 radical (unpaired) electrons. The quantitative estimate of drug-likeness (QED) is 0.705. The third-order valence-electron chi connectivity index (χ3n) is 3.17. The van der Waals surface area contributed by atoms with Gasteiger partial charge in [-0.2, -0.15) is 0 Å². The molecule has 0 bridgehead atoms. The molecule has 1 heterocycles. The fourth-order valence-electron chi connectivity index (χ4n) is 2.72. The van der Waals surface area contributed by atoms with Crippen molar-refractivity contribution in [1.82, 2.24) is 10.2 Å². The first-order valence-corrected chi connectivity index (χ1v) is 4.80. The molecule has 1 spiro atoms. The highest BCUT2D eigenvalue weighted by molar-refractivity contribution is 5.03. The number of halogens is 2. The van der Waals surface area contributed by atoms with Crippen molar-refractivity contribution in [2.45, 2.75) is 25.2 Å². The fraction of sp³-hybridized carbons (Fsp3) is 1.00. The summed E-state index contributed by atoms with van der Waals surface area (Å²) in [5.41, 5.74) is -0.0413. The van der Waals surface area contributed by atoms with Crippen molar-refractivity contribution in [2.75, 3.05) is 26.8 Å². The molecule has 1 N–H and O–H groups in total. The summed E-state index contributed by atoms with van der Waals surface area (Å²) in [6.45, 7) is 2.65. The van der Waals surface area contributed by atoms with E-state index in [0.29, 0.717) is 0 Å². The van der Waals surface area contributed by atoms with Gasteiger partial charge in [-0.3, -0.25) is 4.90 Å². The second-order valence-corrected chi connectivity index (χ2v) is 4.52. The fourth-order valence-corrected chi connectivity index (χ4v) is 2.72. The first kappa shape index (κ1) is 9.34. The predicted octanol–water partition coefficient (Wildman–Crippen LogP) is 1.28. The summed E-state index contributed by atoms with van der Waals surface area (Å²) >= 11 is 0. The number of rotatable bonds is 2. The molecule has 1 aliphatic heterocycles. The van der Waals surface area contributed by atoms with Crippen LogP contribution in [-0.4, -0.2) is 37.6 Å². The molecule has 0 unspecified atom stereocenters. The Balaban J connectivity index is 1.86. The van der Waals surface area contributed by atoms with Crippen LogP contribution in [0.15, 0.2) is 0 Å². The highest BCUT2D eigenvalue weighted by atomic mass is 19.3. The van der Waals surface area contributed by atoms with Gasteiger partial charge in [-0.15, -0.1) is 0 Å². The Morgan fingerprint density at radius 2 is 2.08 bits per heavy atom. The van der Waals surface area contributed by atoms with E-state index in [1.807, 2.05) is 7.05 Å². The SMILES string of the molecule is CNCN1CCC2(C1)CC(F)(F)C2. The van der Waals surface area contributed by atoms with Crippen LogP contribution in [0.1, 0.15) is 19.3 Å². The standard InChI is InChI=1S/C9H16F2N2/c1-12-7-13-3-2-8(6-13)4-9(10,11)5-8/h12H,2-7H2,1H3. The molecule has 2 nitrogen and oxygen atoms in total. The van der Waals surface area contributed by atoms with E-state index < -0.39 is 5.92 Å². The molecule has 13 heavy (non-hydrogen) atoms. The maximum Gasteiger partial charge on any atom is 0.249 e. The third kappa shape index (κ3) is 1.70. The number of alkyl halides is 2. The monoisotopic (exact) mass is 190 g/mol. The zero-order chi connectivity index (χ0) is 9.53. The van der Waals surface area contributed by atoms with Crippen molar-refractivity contribution in [3.05, 3.63) is 0 Å². The number of nitrogens with one attached hydrogen (secondary N) is 1. The maximum atomic E-state index is 12.7. The van der Waals surface area contributed by atoms with Crippen LogP contribution in [0.2, 0.25) is 0 Å². The topological polar surface area (TPSA) is 15.3 Å². The first-order valence-electron chi connectivity index (χ1n) is 4.80. The van der Waals surface area contributed by atoms with E-state index in [9.17, 15) is 8.78 Å². The molecule has 0 amide bonds. The average Bonchev–Trinajstić information content (AvgIpc) is 2.31. The molecule has 76 valence electrons. The van der Waals surface area contributed by atoms with Gasteiger partial charge in [0.15, 0.2) is 0 Å². The van der Waals surface area contributed by atoms with Crippen molar-refractivity contribution in [3.63, 3.8) is 0 Å². The molecule has 0 aromatic heterocycles. The maximum absolute atomic E-state index is 12.7. The van der Waals surface area contributed by atoms with E-state index in [1.165, 1.54) is 0 Å². The molecule has 1 saturated heterocycles. The molecule has 2 fully saturated rings. The van der Waals surface area contributed by atoms with Crippen LogP contribution < -0.4 is 5.32 Å². The van der Waals surface area contributed by atoms with Gasteiger partial charge in [-0.25, -0.2) is 8.78 Å². The smallest absolute Gasteiger partial charge is 0.249 e. The first-order chi connectivity index (χ1) is 6.05. The van der Waals surface area contributed by atoms with Crippen LogP contribution in [-0.2, 0) is 0 Å². The van der Waals surface area contributed by atoms with Crippen molar-refractivity contribution >= 4 is 0 Å². The summed E-state index contributed by atoms with van der Waals surface area (Å²) in [5, 5.41) is 3.05. The number of hydrogen-bond donors (Lipinski definition) is 1. The van der Waals surface area contributed by atoms with Gasteiger partial charge in [-0.05, 0) is 25.4 Å². The summed E-state index contributed by atoms with van der Waals surface area (Å²) in [7, 11) is 1.89. The van der Waals surface area contributed by atoms with Gasteiger partial charge < -0.3 is 5.32 Å². The highest BCUT2D eigenvalue weighted by Crippen LogP contribution is 2.56. The van der Waals surface area contributed by atoms with Crippen LogP contribution in [0.4, 0.5) is 8.78 Å². The van der Waals surface area contributed by atoms with Crippen molar-refractivity contribution in [2.24, 2.45) is 5.41 Å². The van der Waals surface area contributed by atoms with Gasteiger partial charge in [0.25, 0.3) is 0 Å². The molecular formula is C9H16F2N2. The summed E-state index contributed by atoms with van der Waals surface area (Å²) in [6, 6.07) is 0. The van der Waals surface area contributed by atoms with Crippen molar-refractivity contribution in [1.29, 1.82) is 0 Å². The zero-order valence-electron chi connectivity index (χ0n) is 7.95. The lowest BCUT2D eigenvalue weighted by Gasteiger charge is -2.44.